The number of nitrogens with zero attached hydrogens (tertiary/aromatic N) is 5. The van der Waals surface area contributed by atoms with Crippen molar-refractivity contribution in [2.24, 2.45) is 5.16 Å². The van der Waals surface area contributed by atoms with Crippen molar-refractivity contribution in [3.8, 4) is 11.4 Å². The third kappa shape index (κ3) is 3.50. The van der Waals surface area contributed by atoms with Crippen molar-refractivity contribution in [2.75, 3.05) is 0 Å². The summed E-state index contributed by atoms with van der Waals surface area (Å²) in [6.45, 7) is 4.08. The maximum atomic E-state index is 6.30. The minimum absolute atomic E-state index is 0.381. The monoisotopic (exact) mass is 475 g/mol. The summed E-state index contributed by atoms with van der Waals surface area (Å²) in [5, 5.41) is 15.3. The van der Waals surface area contributed by atoms with Crippen LogP contribution in [-0.2, 0) is 16.9 Å². The Labute approximate surface area is 202 Å². The number of rotatable bonds is 5. The molecule has 6 rings (SSSR count). The molecule has 34 heavy (non-hydrogen) atoms. The van der Waals surface area contributed by atoms with Gasteiger partial charge in [0, 0.05) is 22.9 Å². The molecule has 0 saturated heterocycles. The van der Waals surface area contributed by atoms with Crippen LogP contribution in [-0.4, -0.2) is 25.6 Å². The number of benzene rings is 2. The summed E-state index contributed by atoms with van der Waals surface area (Å²) in [4.78, 5) is 10.5. The molecule has 0 bridgehead atoms. The summed E-state index contributed by atoms with van der Waals surface area (Å²) in [5.74, 6) is 0.819. The third-order valence-corrected chi connectivity index (χ3v) is 7.31. The third-order valence-electron chi connectivity index (χ3n) is 6.98. The van der Waals surface area contributed by atoms with Crippen LogP contribution in [0.2, 0.25) is 5.02 Å². The predicted molar refractivity (Wildman–Crippen MR) is 131 cm³/mol. The quantitative estimate of drug-likeness (QED) is 0.331. The predicted octanol–water partition coefficient (Wildman–Crippen LogP) is 6.46. The van der Waals surface area contributed by atoms with Crippen LogP contribution in [0.3, 0.4) is 0 Å². The lowest BCUT2D eigenvalue weighted by molar-refractivity contribution is -0.0313. The summed E-state index contributed by atoms with van der Waals surface area (Å²) in [5.41, 5.74) is 4.11. The fraction of sp³-hybridized carbons (Fsp3) is 0.385. The van der Waals surface area contributed by atoms with Crippen molar-refractivity contribution in [1.29, 1.82) is 0 Å². The molecule has 7 nitrogen and oxygen atoms in total. The van der Waals surface area contributed by atoms with E-state index in [2.05, 4.69) is 45.1 Å². The molecule has 4 aromatic rings. The highest BCUT2D eigenvalue weighted by Gasteiger charge is 2.42. The minimum atomic E-state index is -0.836. The Morgan fingerprint density at radius 3 is 2.76 bits per heavy atom. The van der Waals surface area contributed by atoms with Gasteiger partial charge in [0.25, 0.3) is 5.89 Å². The molecule has 0 amide bonds. The Balaban J connectivity index is 1.30. The molecule has 1 aliphatic heterocycles. The molecular formula is C26H26ClN5O2. The number of oxime groups is 1. The second-order valence-corrected chi connectivity index (χ2v) is 9.76. The van der Waals surface area contributed by atoms with Crippen LogP contribution >= 0.6 is 11.6 Å². The van der Waals surface area contributed by atoms with E-state index in [1.165, 1.54) is 36.6 Å². The van der Waals surface area contributed by atoms with Crippen molar-refractivity contribution >= 4 is 28.2 Å². The second-order valence-electron chi connectivity index (χ2n) is 9.35. The standard InChI is InChI=1S/C26H26ClN5O2/c1-3-21-19-13-12-16(14-23(19)32(29-21)17-8-4-5-9-17)22-15-26(2,34-30-22)25-28-24(31-33-25)18-10-6-7-11-20(18)27/h6-7,10-14,17H,3-5,8-9,15H2,1-2H3. The van der Waals surface area contributed by atoms with E-state index < -0.39 is 5.60 Å². The first-order valence-corrected chi connectivity index (χ1v) is 12.3. The van der Waals surface area contributed by atoms with Crippen LogP contribution < -0.4 is 0 Å². The summed E-state index contributed by atoms with van der Waals surface area (Å²) < 4.78 is 7.83. The molecular weight excluding hydrogens is 450 g/mol. The van der Waals surface area contributed by atoms with Gasteiger partial charge < -0.3 is 9.36 Å². The van der Waals surface area contributed by atoms with E-state index in [0.717, 1.165) is 29.0 Å². The van der Waals surface area contributed by atoms with Crippen molar-refractivity contribution in [3.05, 3.63) is 64.6 Å². The van der Waals surface area contributed by atoms with Gasteiger partial charge in [0.15, 0.2) is 0 Å². The normalized spacial score (nSPS) is 20.7. The van der Waals surface area contributed by atoms with Gasteiger partial charge in [0.05, 0.1) is 28.0 Å². The SMILES string of the molecule is CCc1nn(C2CCCC2)c2cc(C3=NOC(C)(c4nc(-c5ccccc5Cl)no4)C3)ccc12. The van der Waals surface area contributed by atoms with Crippen LogP contribution in [0, 0.1) is 0 Å². The van der Waals surface area contributed by atoms with Crippen molar-refractivity contribution in [1.82, 2.24) is 19.9 Å². The highest BCUT2D eigenvalue weighted by molar-refractivity contribution is 6.33. The molecule has 1 aliphatic carbocycles. The van der Waals surface area contributed by atoms with Gasteiger partial charge in [0.2, 0.25) is 11.4 Å². The number of hydrogen-bond acceptors (Lipinski definition) is 6. The van der Waals surface area contributed by atoms with Gasteiger partial charge in [0.1, 0.15) is 0 Å². The molecule has 1 atom stereocenters. The topological polar surface area (TPSA) is 78.3 Å². The first-order valence-electron chi connectivity index (χ1n) is 11.9. The van der Waals surface area contributed by atoms with Gasteiger partial charge in [-0.15, -0.1) is 0 Å². The summed E-state index contributed by atoms with van der Waals surface area (Å²) in [7, 11) is 0. The zero-order valence-electron chi connectivity index (χ0n) is 19.3. The smallest absolute Gasteiger partial charge is 0.274 e. The number of hydrogen-bond donors (Lipinski definition) is 0. The van der Waals surface area contributed by atoms with Gasteiger partial charge in [-0.25, -0.2) is 0 Å². The van der Waals surface area contributed by atoms with Crippen LogP contribution in [0.4, 0.5) is 0 Å². The maximum Gasteiger partial charge on any atom is 0.274 e. The Kier molecular flexibility index (Phi) is 5.17. The Morgan fingerprint density at radius 1 is 1.15 bits per heavy atom. The number of aromatic nitrogens is 4. The maximum absolute atomic E-state index is 6.30. The number of halogens is 1. The van der Waals surface area contributed by atoms with E-state index in [4.69, 9.17) is 26.1 Å². The van der Waals surface area contributed by atoms with E-state index >= 15 is 0 Å². The lowest BCUT2D eigenvalue weighted by Crippen LogP contribution is -2.22. The van der Waals surface area contributed by atoms with E-state index in [9.17, 15) is 0 Å². The number of fused-ring (bicyclic) bond motifs is 1. The summed E-state index contributed by atoms with van der Waals surface area (Å²) >= 11 is 6.30. The van der Waals surface area contributed by atoms with Crippen LogP contribution in [0.5, 0.6) is 0 Å². The average molecular weight is 476 g/mol. The lowest BCUT2D eigenvalue weighted by atomic mass is 9.95. The van der Waals surface area contributed by atoms with Crippen LogP contribution in [0.1, 0.15) is 69.1 Å². The van der Waals surface area contributed by atoms with Crippen molar-refractivity contribution in [3.63, 3.8) is 0 Å². The molecule has 2 aromatic heterocycles. The van der Waals surface area contributed by atoms with Crippen LogP contribution in [0.15, 0.2) is 52.1 Å². The van der Waals surface area contributed by atoms with E-state index in [0.29, 0.717) is 29.2 Å². The van der Waals surface area contributed by atoms with E-state index in [1.807, 2.05) is 25.1 Å². The highest BCUT2D eigenvalue weighted by Crippen LogP contribution is 2.38. The first-order chi connectivity index (χ1) is 16.6. The molecule has 0 radical (unpaired) electrons. The lowest BCUT2D eigenvalue weighted by Gasteiger charge is -2.15. The molecule has 0 spiro atoms. The highest BCUT2D eigenvalue weighted by atomic mass is 35.5. The Bertz CT molecular complexity index is 1400. The van der Waals surface area contributed by atoms with Gasteiger partial charge in [-0.3, -0.25) is 4.68 Å². The summed E-state index contributed by atoms with van der Waals surface area (Å²) in [6.07, 6.45) is 6.37. The fourth-order valence-corrected chi connectivity index (χ4v) is 5.29. The summed E-state index contributed by atoms with van der Waals surface area (Å²) in [6, 6.07) is 14.4. The molecule has 1 saturated carbocycles. The second kappa shape index (κ2) is 8.24. The zero-order valence-corrected chi connectivity index (χ0v) is 20.0. The molecule has 2 aromatic carbocycles. The molecule has 1 fully saturated rings. The van der Waals surface area contributed by atoms with Crippen molar-refractivity contribution in [2.45, 2.75) is 64.0 Å². The van der Waals surface area contributed by atoms with Gasteiger partial charge in [-0.05, 0) is 44.4 Å². The average Bonchev–Trinajstić information content (AvgIpc) is 3.64. The van der Waals surface area contributed by atoms with Gasteiger partial charge in [-0.1, -0.05) is 65.9 Å². The van der Waals surface area contributed by atoms with Gasteiger partial charge >= 0.3 is 0 Å². The Morgan fingerprint density at radius 2 is 1.97 bits per heavy atom. The fourth-order valence-electron chi connectivity index (χ4n) is 5.07. The largest absolute Gasteiger partial charge is 0.379 e. The molecule has 3 heterocycles. The molecule has 8 heteroatoms. The van der Waals surface area contributed by atoms with Crippen molar-refractivity contribution < 1.29 is 9.36 Å². The zero-order chi connectivity index (χ0) is 23.3. The molecule has 174 valence electrons. The van der Waals surface area contributed by atoms with E-state index in [1.54, 1.807) is 6.07 Å². The Hall–Kier alpha value is -3.19. The first kappa shape index (κ1) is 21.4. The molecule has 0 N–H and O–H groups in total. The molecule has 1 unspecified atom stereocenters. The van der Waals surface area contributed by atoms with Gasteiger partial charge in [-0.2, -0.15) is 10.1 Å². The molecule has 2 aliphatic rings. The van der Waals surface area contributed by atoms with Crippen LogP contribution in [0.25, 0.3) is 22.3 Å². The minimum Gasteiger partial charge on any atom is -0.379 e. The number of aryl methyl sites for hydroxylation is 1. The van der Waals surface area contributed by atoms with E-state index in [-0.39, 0.29) is 0 Å².